The topological polar surface area (TPSA) is 67.5 Å². The van der Waals surface area contributed by atoms with E-state index >= 15 is 0 Å². The normalized spacial score (nSPS) is 11.0. The van der Waals surface area contributed by atoms with Gasteiger partial charge in [0, 0.05) is 38.9 Å². The SMILES string of the molecule is CN(C)c1ncc(CNC(=O)Cc2cn3ccsc3n2)n1C. The molecule has 0 saturated carbocycles. The first kappa shape index (κ1) is 14.6. The summed E-state index contributed by atoms with van der Waals surface area (Å²) < 4.78 is 3.89. The molecule has 0 unspecified atom stereocenters. The minimum atomic E-state index is -0.0432. The van der Waals surface area contributed by atoms with Crippen LogP contribution in [-0.4, -0.2) is 38.9 Å². The third-order valence-electron chi connectivity index (χ3n) is 3.41. The second kappa shape index (κ2) is 5.80. The maximum Gasteiger partial charge on any atom is 0.226 e. The monoisotopic (exact) mass is 318 g/mol. The minimum Gasteiger partial charge on any atom is -0.350 e. The number of nitrogens with one attached hydrogen (secondary N) is 1. The Labute approximate surface area is 132 Å². The number of fused-ring (bicyclic) bond motifs is 1. The Balaban J connectivity index is 1.59. The van der Waals surface area contributed by atoms with Crippen molar-refractivity contribution in [3.63, 3.8) is 0 Å². The molecule has 8 heteroatoms. The Bertz CT molecular complexity index is 771. The molecule has 1 amide bonds. The van der Waals surface area contributed by atoms with Gasteiger partial charge >= 0.3 is 0 Å². The second-order valence-corrected chi connectivity index (χ2v) is 6.15. The van der Waals surface area contributed by atoms with Crippen LogP contribution in [0.5, 0.6) is 0 Å². The lowest BCUT2D eigenvalue weighted by atomic mass is 10.3. The summed E-state index contributed by atoms with van der Waals surface area (Å²) in [5.74, 6) is 0.817. The highest BCUT2D eigenvalue weighted by Gasteiger charge is 2.11. The zero-order valence-corrected chi connectivity index (χ0v) is 13.6. The molecule has 0 fully saturated rings. The molecule has 0 aliphatic rings. The number of rotatable bonds is 5. The van der Waals surface area contributed by atoms with Crippen molar-refractivity contribution in [1.29, 1.82) is 0 Å². The van der Waals surface area contributed by atoms with E-state index in [-0.39, 0.29) is 12.3 Å². The quantitative estimate of drug-likeness (QED) is 0.764. The molecule has 0 aliphatic carbocycles. The number of aromatic nitrogens is 4. The van der Waals surface area contributed by atoms with E-state index in [1.54, 1.807) is 17.5 Å². The molecule has 0 aliphatic heterocycles. The number of carbonyl (C=O) groups is 1. The van der Waals surface area contributed by atoms with Gasteiger partial charge in [-0.05, 0) is 0 Å². The van der Waals surface area contributed by atoms with Gasteiger partial charge < -0.3 is 14.8 Å². The molecule has 0 spiro atoms. The standard InChI is InChI=1S/C14H18N6OS/c1-18(2)13-16-8-11(19(13)3)7-15-12(21)6-10-9-20-4-5-22-14(20)17-10/h4-5,8-9H,6-7H2,1-3H3,(H,15,21). The summed E-state index contributed by atoms with van der Waals surface area (Å²) in [6, 6.07) is 0. The van der Waals surface area contributed by atoms with E-state index in [9.17, 15) is 4.79 Å². The molecule has 0 bridgehead atoms. The van der Waals surface area contributed by atoms with Crippen LogP contribution in [-0.2, 0) is 24.8 Å². The van der Waals surface area contributed by atoms with E-state index in [1.165, 1.54) is 0 Å². The number of carbonyl (C=O) groups excluding carboxylic acids is 1. The number of nitrogens with zero attached hydrogens (tertiary/aromatic N) is 5. The van der Waals surface area contributed by atoms with Crippen LogP contribution < -0.4 is 10.2 Å². The first-order valence-electron chi connectivity index (χ1n) is 6.90. The fourth-order valence-electron chi connectivity index (χ4n) is 2.29. The van der Waals surface area contributed by atoms with Gasteiger partial charge in [-0.1, -0.05) is 0 Å². The second-order valence-electron chi connectivity index (χ2n) is 5.28. The summed E-state index contributed by atoms with van der Waals surface area (Å²) in [4.78, 5) is 23.6. The van der Waals surface area contributed by atoms with E-state index in [2.05, 4.69) is 15.3 Å². The predicted octanol–water partition coefficient (Wildman–Crippen LogP) is 1.05. The van der Waals surface area contributed by atoms with Crippen molar-refractivity contribution in [3.05, 3.63) is 35.4 Å². The van der Waals surface area contributed by atoms with E-state index in [4.69, 9.17) is 0 Å². The molecular formula is C14H18N6OS. The van der Waals surface area contributed by atoms with Gasteiger partial charge in [-0.2, -0.15) is 0 Å². The Morgan fingerprint density at radius 2 is 2.27 bits per heavy atom. The molecule has 3 aromatic heterocycles. The number of hydrogen-bond donors (Lipinski definition) is 1. The predicted molar refractivity (Wildman–Crippen MR) is 86.2 cm³/mol. The Morgan fingerprint density at radius 1 is 1.45 bits per heavy atom. The minimum absolute atomic E-state index is 0.0432. The fraction of sp³-hybridized carbons (Fsp3) is 0.357. The number of hydrogen-bond acceptors (Lipinski definition) is 5. The molecule has 3 aromatic rings. The number of anilines is 1. The van der Waals surface area contributed by atoms with Crippen LogP contribution >= 0.6 is 11.3 Å². The lowest BCUT2D eigenvalue weighted by Gasteiger charge is -2.12. The average Bonchev–Trinajstić information content (AvgIpc) is 3.11. The third-order valence-corrected chi connectivity index (χ3v) is 4.18. The van der Waals surface area contributed by atoms with Crippen molar-refractivity contribution in [2.45, 2.75) is 13.0 Å². The Hall–Kier alpha value is -2.35. The lowest BCUT2D eigenvalue weighted by Crippen LogP contribution is -2.26. The molecule has 1 N–H and O–H groups in total. The average molecular weight is 318 g/mol. The molecule has 0 radical (unpaired) electrons. The Kier molecular flexibility index (Phi) is 3.84. The Morgan fingerprint density at radius 3 is 2.95 bits per heavy atom. The highest BCUT2D eigenvalue weighted by Crippen LogP contribution is 2.12. The van der Waals surface area contributed by atoms with Gasteiger partial charge in [-0.25, -0.2) is 9.97 Å². The zero-order valence-electron chi connectivity index (χ0n) is 12.8. The molecule has 0 saturated heterocycles. The van der Waals surface area contributed by atoms with Crippen molar-refractivity contribution < 1.29 is 4.79 Å². The summed E-state index contributed by atoms with van der Waals surface area (Å²) in [6.07, 6.45) is 5.89. The highest BCUT2D eigenvalue weighted by molar-refractivity contribution is 7.15. The van der Waals surface area contributed by atoms with E-state index in [0.29, 0.717) is 6.54 Å². The summed E-state index contributed by atoms with van der Waals surface area (Å²) in [5.41, 5.74) is 1.74. The number of thiazole rings is 1. The van der Waals surface area contributed by atoms with Crippen LogP contribution in [0, 0.1) is 0 Å². The van der Waals surface area contributed by atoms with Gasteiger partial charge in [0.1, 0.15) is 0 Å². The van der Waals surface area contributed by atoms with E-state index in [0.717, 1.165) is 22.3 Å². The molecule has 0 atom stereocenters. The molecule has 3 rings (SSSR count). The largest absolute Gasteiger partial charge is 0.350 e. The van der Waals surface area contributed by atoms with Crippen LogP contribution in [0.2, 0.25) is 0 Å². The van der Waals surface area contributed by atoms with Crippen molar-refractivity contribution >= 4 is 28.2 Å². The lowest BCUT2D eigenvalue weighted by molar-refractivity contribution is -0.120. The zero-order chi connectivity index (χ0) is 15.7. The van der Waals surface area contributed by atoms with Crippen molar-refractivity contribution in [2.24, 2.45) is 7.05 Å². The van der Waals surface area contributed by atoms with E-state index in [1.807, 2.05) is 52.8 Å². The van der Waals surface area contributed by atoms with Gasteiger partial charge in [-0.15, -0.1) is 11.3 Å². The van der Waals surface area contributed by atoms with Gasteiger partial charge in [0.15, 0.2) is 4.96 Å². The maximum absolute atomic E-state index is 12.0. The van der Waals surface area contributed by atoms with Crippen LogP contribution in [0.3, 0.4) is 0 Å². The molecule has 22 heavy (non-hydrogen) atoms. The van der Waals surface area contributed by atoms with Crippen LogP contribution in [0.25, 0.3) is 4.96 Å². The number of imidazole rings is 2. The molecule has 0 aromatic carbocycles. The summed E-state index contributed by atoms with van der Waals surface area (Å²) in [5, 5.41) is 4.88. The van der Waals surface area contributed by atoms with Gasteiger partial charge in [0.05, 0.1) is 30.6 Å². The van der Waals surface area contributed by atoms with Gasteiger partial charge in [0.2, 0.25) is 11.9 Å². The molecular weight excluding hydrogens is 300 g/mol. The van der Waals surface area contributed by atoms with Crippen LogP contribution in [0.4, 0.5) is 5.95 Å². The molecule has 7 nitrogen and oxygen atoms in total. The number of amides is 1. The first-order valence-corrected chi connectivity index (χ1v) is 7.78. The van der Waals surface area contributed by atoms with Crippen molar-refractivity contribution in [2.75, 3.05) is 19.0 Å². The summed E-state index contributed by atoms with van der Waals surface area (Å²) >= 11 is 1.56. The first-order chi connectivity index (χ1) is 10.5. The molecule has 116 valence electrons. The van der Waals surface area contributed by atoms with Crippen molar-refractivity contribution in [1.82, 2.24) is 24.3 Å². The van der Waals surface area contributed by atoms with Crippen LogP contribution in [0.1, 0.15) is 11.4 Å². The smallest absolute Gasteiger partial charge is 0.226 e. The van der Waals surface area contributed by atoms with Crippen molar-refractivity contribution in [3.8, 4) is 0 Å². The van der Waals surface area contributed by atoms with Crippen LogP contribution in [0.15, 0.2) is 24.0 Å². The van der Waals surface area contributed by atoms with Gasteiger partial charge in [-0.3, -0.25) is 9.20 Å². The summed E-state index contributed by atoms with van der Waals surface area (Å²) in [7, 11) is 5.82. The fourth-order valence-corrected chi connectivity index (χ4v) is 3.01. The third kappa shape index (κ3) is 2.82. The van der Waals surface area contributed by atoms with Gasteiger partial charge in [0.25, 0.3) is 0 Å². The molecule has 3 heterocycles. The van der Waals surface area contributed by atoms with E-state index < -0.39 is 0 Å². The summed E-state index contributed by atoms with van der Waals surface area (Å²) in [6.45, 7) is 0.457. The highest BCUT2D eigenvalue weighted by atomic mass is 32.1. The maximum atomic E-state index is 12.0.